The standard InChI is InChI=1S/C10H14O4S/c1-8-3-4-10(9(2)7-8)15(12,13)14-6-5-11/h3-4,7,11H,5-6H2,1-2H3. The lowest BCUT2D eigenvalue weighted by Gasteiger charge is -2.07. The molecule has 1 aromatic carbocycles. The predicted octanol–water partition coefficient (Wildman–Crippen LogP) is 1.00. The van der Waals surface area contributed by atoms with Crippen LogP contribution in [-0.2, 0) is 14.3 Å². The molecule has 0 fully saturated rings. The molecule has 0 heterocycles. The van der Waals surface area contributed by atoms with E-state index in [4.69, 9.17) is 5.11 Å². The summed E-state index contributed by atoms with van der Waals surface area (Å²) in [6.45, 7) is 3.07. The molecule has 4 nitrogen and oxygen atoms in total. The summed E-state index contributed by atoms with van der Waals surface area (Å²) in [6, 6.07) is 4.99. The average Bonchev–Trinajstić information content (AvgIpc) is 2.14. The highest BCUT2D eigenvalue weighted by molar-refractivity contribution is 7.86. The highest BCUT2D eigenvalue weighted by atomic mass is 32.2. The molecule has 0 bridgehead atoms. The van der Waals surface area contributed by atoms with Crippen molar-refractivity contribution in [2.45, 2.75) is 18.7 Å². The topological polar surface area (TPSA) is 63.6 Å². The SMILES string of the molecule is Cc1ccc(S(=O)(=O)OCCO)c(C)c1. The summed E-state index contributed by atoms with van der Waals surface area (Å²) < 4.78 is 27.8. The monoisotopic (exact) mass is 230 g/mol. The Hall–Kier alpha value is -0.910. The van der Waals surface area contributed by atoms with Crippen LogP contribution in [0.2, 0.25) is 0 Å². The lowest BCUT2D eigenvalue weighted by atomic mass is 10.2. The number of hydrogen-bond donors (Lipinski definition) is 1. The average molecular weight is 230 g/mol. The smallest absolute Gasteiger partial charge is 0.297 e. The molecule has 0 radical (unpaired) electrons. The Morgan fingerprint density at radius 3 is 2.53 bits per heavy atom. The van der Waals surface area contributed by atoms with Crippen molar-refractivity contribution in [2.24, 2.45) is 0 Å². The molecule has 15 heavy (non-hydrogen) atoms. The molecular formula is C10H14O4S. The fraction of sp³-hybridized carbons (Fsp3) is 0.400. The van der Waals surface area contributed by atoms with Crippen molar-refractivity contribution in [1.82, 2.24) is 0 Å². The molecule has 0 saturated heterocycles. The second kappa shape index (κ2) is 4.74. The number of aryl methyl sites for hydroxylation is 2. The van der Waals surface area contributed by atoms with Gasteiger partial charge in [0.15, 0.2) is 0 Å². The minimum Gasteiger partial charge on any atom is -0.394 e. The van der Waals surface area contributed by atoms with E-state index >= 15 is 0 Å². The largest absolute Gasteiger partial charge is 0.394 e. The van der Waals surface area contributed by atoms with E-state index in [1.165, 1.54) is 6.07 Å². The molecule has 0 amide bonds. The third-order valence-electron chi connectivity index (χ3n) is 1.93. The first kappa shape index (κ1) is 12.2. The van der Waals surface area contributed by atoms with E-state index in [0.29, 0.717) is 5.56 Å². The Morgan fingerprint density at radius 2 is 2.00 bits per heavy atom. The number of hydrogen-bond acceptors (Lipinski definition) is 4. The lowest BCUT2D eigenvalue weighted by Crippen LogP contribution is -2.11. The minimum atomic E-state index is -3.73. The van der Waals surface area contributed by atoms with Crippen LogP contribution in [0.5, 0.6) is 0 Å². The van der Waals surface area contributed by atoms with Crippen molar-refractivity contribution in [3.63, 3.8) is 0 Å². The summed E-state index contributed by atoms with van der Waals surface area (Å²) >= 11 is 0. The second-order valence-corrected chi connectivity index (χ2v) is 4.85. The first-order valence-corrected chi connectivity index (χ1v) is 5.96. The summed E-state index contributed by atoms with van der Waals surface area (Å²) in [6.07, 6.45) is 0. The van der Waals surface area contributed by atoms with E-state index in [2.05, 4.69) is 4.18 Å². The van der Waals surface area contributed by atoms with Crippen LogP contribution in [0, 0.1) is 13.8 Å². The predicted molar refractivity (Wildman–Crippen MR) is 56.1 cm³/mol. The van der Waals surface area contributed by atoms with Crippen molar-refractivity contribution in [2.75, 3.05) is 13.2 Å². The van der Waals surface area contributed by atoms with Crippen molar-refractivity contribution in [3.05, 3.63) is 29.3 Å². The molecule has 1 aromatic rings. The van der Waals surface area contributed by atoms with Gasteiger partial charge in [-0.1, -0.05) is 17.7 Å². The number of aliphatic hydroxyl groups excluding tert-OH is 1. The maximum Gasteiger partial charge on any atom is 0.297 e. The van der Waals surface area contributed by atoms with Gasteiger partial charge < -0.3 is 5.11 Å². The third kappa shape index (κ3) is 3.02. The quantitative estimate of drug-likeness (QED) is 0.784. The molecule has 0 aliphatic heterocycles. The molecule has 0 aliphatic carbocycles. The molecular weight excluding hydrogens is 216 g/mol. The van der Waals surface area contributed by atoms with Gasteiger partial charge in [0.2, 0.25) is 0 Å². The van der Waals surface area contributed by atoms with Crippen LogP contribution in [0.4, 0.5) is 0 Å². The minimum absolute atomic E-state index is 0.154. The maximum atomic E-state index is 11.6. The van der Waals surface area contributed by atoms with Gasteiger partial charge in [0.05, 0.1) is 18.1 Å². The summed E-state index contributed by atoms with van der Waals surface area (Å²) in [5.41, 5.74) is 1.64. The molecule has 84 valence electrons. The molecule has 1 rings (SSSR count). The van der Waals surface area contributed by atoms with E-state index in [1.54, 1.807) is 19.1 Å². The molecule has 5 heteroatoms. The van der Waals surface area contributed by atoms with Crippen LogP contribution in [0.15, 0.2) is 23.1 Å². The van der Waals surface area contributed by atoms with Crippen LogP contribution < -0.4 is 0 Å². The maximum absolute atomic E-state index is 11.6. The van der Waals surface area contributed by atoms with Crippen LogP contribution in [0.1, 0.15) is 11.1 Å². The van der Waals surface area contributed by atoms with Crippen LogP contribution >= 0.6 is 0 Å². The van der Waals surface area contributed by atoms with Gasteiger partial charge in [-0.25, -0.2) is 0 Å². The summed E-state index contributed by atoms with van der Waals surface area (Å²) in [7, 11) is -3.73. The van der Waals surface area contributed by atoms with Gasteiger partial charge in [-0.15, -0.1) is 0 Å². The van der Waals surface area contributed by atoms with E-state index in [9.17, 15) is 8.42 Å². The highest BCUT2D eigenvalue weighted by Crippen LogP contribution is 2.18. The Labute approximate surface area is 89.6 Å². The number of benzene rings is 1. The molecule has 1 N–H and O–H groups in total. The lowest BCUT2D eigenvalue weighted by molar-refractivity contribution is 0.205. The Balaban J connectivity index is 3.05. The molecule has 0 aromatic heterocycles. The van der Waals surface area contributed by atoms with Gasteiger partial charge in [-0.05, 0) is 25.5 Å². The fourth-order valence-electron chi connectivity index (χ4n) is 1.29. The summed E-state index contributed by atoms with van der Waals surface area (Å²) in [4.78, 5) is 0.154. The summed E-state index contributed by atoms with van der Waals surface area (Å²) in [5, 5.41) is 8.50. The summed E-state index contributed by atoms with van der Waals surface area (Å²) in [5.74, 6) is 0. The van der Waals surface area contributed by atoms with E-state index < -0.39 is 10.1 Å². The van der Waals surface area contributed by atoms with Gasteiger partial charge in [-0.2, -0.15) is 8.42 Å². The molecule has 0 saturated carbocycles. The zero-order valence-electron chi connectivity index (χ0n) is 8.73. The van der Waals surface area contributed by atoms with Crippen LogP contribution in [0.3, 0.4) is 0 Å². The first-order valence-electron chi connectivity index (χ1n) is 4.55. The van der Waals surface area contributed by atoms with Crippen molar-refractivity contribution in [3.8, 4) is 0 Å². The fourth-order valence-corrected chi connectivity index (χ4v) is 2.40. The highest BCUT2D eigenvalue weighted by Gasteiger charge is 2.17. The van der Waals surface area contributed by atoms with E-state index in [0.717, 1.165) is 5.56 Å². The first-order chi connectivity index (χ1) is 6.97. The molecule has 0 aliphatic rings. The Morgan fingerprint density at radius 1 is 1.33 bits per heavy atom. The molecule has 0 atom stereocenters. The van der Waals surface area contributed by atoms with Gasteiger partial charge in [-0.3, -0.25) is 4.18 Å². The van der Waals surface area contributed by atoms with Gasteiger partial charge in [0.25, 0.3) is 10.1 Å². The van der Waals surface area contributed by atoms with E-state index in [1.807, 2.05) is 6.92 Å². The van der Waals surface area contributed by atoms with Crippen molar-refractivity contribution in [1.29, 1.82) is 0 Å². The molecule has 0 unspecified atom stereocenters. The zero-order chi connectivity index (χ0) is 11.5. The number of aliphatic hydroxyl groups is 1. The third-order valence-corrected chi connectivity index (χ3v) is 3.40. The second-order valence-electron chi connectivity index (χ2n) is 3.27. The van der Waals surface area contributed by atoms with Crippen molar-refractivity contribution >= 4 is 10.1 Å². The van der Waals surface area contributed by atoms with Gasteiger partial charge in [0, 0.05) is 0 Å². The van der Waals surface area contributed by atoms with Crippen LogP contribution in [-0.4, -0.2) is 26.7 Å². The normalized spacial score (nSPS) is 11.7. The number of rotatable bonds is 4. The Bertz CT molecular complexity index is 437. The zero-order valence-corrected chi connectivity index (χ0v) is 9.54. The van der Waals surface area contributed by atoms with Crippen molar-refractivity contribution < 1.29 is 17.7 Å². The van der Waals surface area contributed by atoms with Gasteiger partial charge in [0.1, 0.15) is 0 Å². The van der Waals surface area contributed by atoms with E-state index in [-0.39, 0.29) is 18.1 Å². The molecule has 0 spiro atoms. The Kier molecular flexibility index (Phi) is 3.84. The van der Waals surface area contributed by atoms with Crippen LogP contribution in [0.25, 0.3) is 0 Å². The van der Waals surface area contributed by atoms with Gasteiger partial charge >= 0.3 is 0 Å².